The summed E-state index contributed by atoms with van der Waals surface area (Å²) >= 11 is 0. The van der Waals surface area contributed by atoms with Crippen molar-refractivity contribution in [2.24, 2.45) is 0 Å². The molecule has 0 saturated carbocycles. The van der Waals surface area contributed by atoms with Crippen LogP contribution in [0.4, 0.5) is 8.78 Å². The van der Waals surface area contributed by atoms with Gasteiger partial charge >= 0.3 is 6.61 Å². The Hall–Kier alpha value is -1.69. The molecule has 1 amide bonds. The highest BCUT2D eigenvalue weighted by molar-refractivity contribution is 5.93. The highest BCUT2D eigenvalue weighted by Gasteiger charge is 2.07. The Labute approximate surface area is 84.7 Å². The Bertz CT molecular complexity index is 327. The fourth-order valence-electron chi connectivity index (χ4n) is 0.939. The van der Waals surface area contributed by atoms with E-state index in [9.17, 15) is 13.6 Å². The molecule has 0 aliphatic heterocycles. The number of hydrogen-bond acceptors (Lipinski definition) is 3. The minimum Gasteiger partial charge on any atom is -0.435 e. The van der Waals surface area contributed by atoms with E-state index in [4.69, 9.17) is 0 Å². The molecule has 0 aliphatic carbocycles. The zero-order valence-corrected chi connectivity index (χ0v) is 7.87. The lowest BCUT2D eigenvalue weighted by molar-refractivity contribution is -0.0498. The molecular formula is C9H9F2NO3. The summed E-state index contributed by atoms with van der Waals surface area (Å²) < 4.78 is 27.7. The van der Waals surface area contributed by atoms with Crippen molar-refractivity contribution in [1.82, 2.24) is 5.48 Å². The molecule has 1 aromatic carbocycles. The van der Waals surface area contributed by atoms with Crippen molar-refractivity contribution in [3.8, 4) is 5.75 Å². The van der Waals surface area contributed by atoms with Crippen LogP contribution in [-0.2, 0) is 4.84 Å². The first-order valence-corrected chi connectivity index (χ1v) is 4.01. The standard InChI is InChI=1S/C9H9F2NO3/c1-14-12-8(13)6-2-4-7(5-3-6)15-9(10)11/h2-5,9H,1H3,(H,12,13). The minimum absolute atomic E-state index is 0.000957. The average molecular weight is 217 g/mol. The largest absolute Gasteiger partial charge is 0.435 e. The molecule has 1 aromatic rings. The van der Waals surface area contributed by atoms with Gasteiger partial charge in [0.15, 0.2) is 0 Å². The maximum Gasteiger partial charge on any atom is 0.387 e. The van der Waals surface area contributed by atoms with Crippen molar-refractivity contribution in [3.63, 3.8) is 0 Å². The van der Waals surface area contributed by atoms with E-state index >= 15 is 0 Å². The summed E-state index contributed by atoms with van der Waals surface area (Å²) in [7, 11) is 1.30. The normalized spacial score (nSPS) is 10.1. The van der Waals surface area contributed by atoms with Gasteiger partial charge in [-0.05, 0) is 24.3 Å². The van der Waals surface area contributed by atoms with Gasteiger partial charge < -0.3 is 4.74 Å². The fraction of sp³-hybridized carbons (Fsp3) is 0.222. The van der Waals surface area contributed by atoms with Crippen molar-refractivity contribution in [2.75, 3.05) is 7.11 Å². The topological polar surface area (TPSA) is 47.6 Å². The maximum absolute atomic E-state index is 11.8. The van der Waals surface area contributed by atoms with Gasteiger partial charge in [-0.3, -0.25) is 9.63 Å². The number of carbonyl (C=O) groups excluding carboxylic acids is 1. The van der Waals surface area contributed by atoms with Crippen molar-refractivity contribution in [1.29, 1.82) is 0 Å². The van der Waals surface area contributed by atoms with E-state index in [1.807, 2.05) is 0 Å². The van der Waals surface area contributed by atoms with Gasteiger partial charge in [-0.15, -0.1) is 0 Å². The molecule has 0 saturated heterocycles. The predicted octanol–water partition coefficient (Wildman–Crippen LogP) is 1.58. The maximum atomic E-state index is 11.8. The molecule has 4 nitrogen and oxygen atoms in total. The second-order valence-corrected chi connectivity index (χ2v) is 2.54. The smallest absolute Gasteiger partial charge is 0.387 e. The third-order valence-electron chi connectivity index (χ3n) is 1.54. The molecule has 0 atom stereocenters. The van der Waals surface area contributed by atoms with E-state index < -0.39 is 12.5 Å². The van der Waals surface area contributed by atoms with Gasteiger partial charge in [0.2, 0.25) is 0 Å². The van der Waals surface area contributed by atoms with Gasteiger partial charge in [0.1, 0.15) is 5.75 Å². The van der Waals surface area contributed by atoms with Gasteiger partial charge in [-0.2, -0.15) is 8.78 Å². The van der Waals surface area contributed by atoms with Crippen LogP contribution in [0, 0.1) is 0 Å². The fourth-order valence-corrected chi connectivity index (χ4v) is 0.939. The molecule has 1 rings (SSSR count). The number of halogens is 2. The lowest BCUT2D eigenvalue weighted by Gasteiger charge is -2.05. The molecule has 0 bridgehead atoms. The molecule has 0 aromatic heterocycles. The Balaban J connectivity index is 2.67. The number of hydrogen-bond donors (Lipinski definition) is 1. The van der Waals surface area contributed by atoms with Crippen LogP contribution in [0.15, 0.2) is 24.3 Å². The Morgan fingerprint density at radius 2 is 1.93 bits per heavy atom. The highest BCUT2D eigenvalue weighted by Crippen LogP contribution is 2.14. The number of benzene rings is 1. The lowest BCUT2D eigenvalue weighted by atomic mass is 10.2. The summed E-state index contributed by atoms with van der Waals surface area (Å²) in [5, 5.41) is 0. The number of rotatable bonds is 4. The molecule has 0 radical (unpaired) electrons. The molecule has 1 N–H and O–H groups in total. The predicted molar refractivity (Wildman–Crippen MR) is 47.5 cm³/mol. The van der Waals surface area contributed by atoms with E-state index in [0.29, 0.717) is 5.56 Å². The van der Waals surface area contributed by atoms with Crippen molar-refractivity contribution >= 4 is 5.91 Å². The minimum atomic E-state index is -2.87. The van der Waals surface area contributed by atoms with Crippen LogP contribution in [0.5, 0.6) is 5.75 Å². The van der Waals surface area contributed by atoms with E-state index in [1.165, 1.54) is 31.4 Å². The molecular weight excluding hydrogens is 208 g/mol. The third-order valence-corrected chi connectivity index (χ3v) is 1.54. The summed E-state index contributed by atoms with van der Waals surface area (Å²) in [6.45, 7) is -2.87. The average Bonchev–Trinajstić information content (AvgIpc) is 2.18. The zero-order chi connectivity index (χ0) is 11.3. The van der Waals surface area contributed by atoms with Crippen LogP contribution in [-0.4, -0.2) is 19.6 Å². The molecule has 0 fully saturated rings. The molecule has 82 valence electrons. The van der Waals surface area contributed by atoms with E-state index in [2.05, 4.69) is 15.1 Å². The summed E-state index contributed by atoms with van der Waals surface area (Å²) in [5.41, 5.74) is 2.38. The van der Waals surface area contributed by atoms with Gasteiger partial charge in [-0.25, -0.2) is 5.48 Å². The molecule has 0 heterocycles. The number of amides is 1. The second-order valence-electron chi connectivity index (χ2n) is 2.54. The molecule has 6 heteroatoms. The quantitative estimate of drug-likeness (QED) is 0.779. The van der Waals surface area contributed by atoms with Gasteiger partial charge in [0.25, 0.3) is 5.91 Å². The van der Waals surface area contributed by atoms with Crippen molar-refractivity contribution in [3.05, 3.63) is 29.8 Å². The van der Waals surface area contributed by atoms with Gasteiger partial charge in [-0.1, -0.05) is 0 Å². The van der Waals surface area contributed by atoms with Crippen LogP contribution in [0.1, 0.15) is 10.4 Å². The van der Waals surface area contributed by atoms with Crippen LogP contribution < -0.4 is 10.2 Å². The lowest BCUT2D eigenvalue weighted by Crippen LogP contribution is -2.21. The highest BCUT2D eigenvalue weighted by atomic mass is 19.3. The van der Waals surface area contributed by atoms with E-state index in [1.54, 1.807) is 0 Å². The first-order chi connectivity index (χ1) is 7.13. The van der Waals surface area contributed by atoms with Crippen LogP contribution in [0.25, 0.3) is 0 Å². The SMILES string of the molecule is CONC(=O)c1ccc(OC(F)F)cc1. The summed E-state index contributed by atoms with van der Waals surface area (Å²) in [6.07, 6.45) is 0. The Morgan fingerprint density at radius 3 is 2.40 bits per heavy atom. The van der Waals surface area contributed by atoms with Crippen molar-refractivity contribution < 1.29 is 23.1 Å². The Morgan fingerprint density at radius 1 is 1.33 bits per heavy atom. The zero-order valence-electron chi connectivity index (χ0n) is 7.87. The summed E-state index contributed by atoms with van der Waals surface area (Å²) in [5.74, 6) is -0.458. The molecule has 15 heavy (non-hydrogen) atoms. The van der Waals surface area contributed by atoms with Gasteiger partial charge in [0, 0.05) is 5.56 Å². The Kier molecular flexibility index (Phi) is 3.99. The van der Waals surface area contributed by atoms with Crippen LogP contribution in [0.3, 0.4) is 0 Å². The second kappa shape index (κ2) is 5.26. The van der Waals surface area contributed by atoms with Gasteiger partial charge in [0.05, 0.1) is 7.11 Å². The number of hydroxylamine groups is 1. The number of carbonyl (C=O) groups is 1. The van der Waals surface area contributed by atoms with E-state index in [0.717, 1.165) is 0 Å². The first-order valence-electron chi connectivity index (χ1n) is 4.01. The van der Waals surface area contributed by atoms with Crippen molar-refractivity contribution in [2.45, 2.75) is 6.61 Å². The monoisotopic (exact) mass is 217 g/mol. The molecule has 0 unspecified atom stereocenters. The van der Waals surface area contributed by atoms with Crippen LogP contribution in [0.2, 0.25) is 0 Å². The molecule has 0 spiro atoms. The number of nitrogens with one attached hydrogen (secondary N) is 1. The first kappa shape index (κ1) is 11.4. The summed E-state index contributed by atoms with van der Waals surface area (Å²) in [4.78, 5) is 15.6. The van der Waals surface area contributed by atoms with E-state index in [-0.39, 0.29) is 5.75 Å². The molecule has 0 aliphatic rings. The third kappa shape index (κ3) is 3.51. The summed E-state index contributed by atoms with van der Waals surface area (Å²) in [6, 6.07) is 5.26. The van der Waals surface area contributed by atoms with Crippen LogP contribution >= 0.6 is 0 Å². The number of alkyl halides is 2. The number of ether oxygens (including phenoxy) is 1.